The second kappa shape index (κ2) is 5.89. The summed E-state index contributed by atoms with van der Waals surface area (Å²) in [5.74, 6) is 0.0916. The summed E-state index contributed by atoms with van der Waals surface area (Å²) in [5, 5.41) is 3.53. The number of H-pyrrole nitrogens is 1. The van der Waals surface area contributed by atoms with E-state index in [1.165, 1.54) is 12.1 Å². The van der Waals surface area contributed by atoms with E-state index in [0.717, 1.165) is 16.5 Å². The number of amides is 1. The number of halogens is 1. The van der Waals surface area contributed by atoms with Gasteiger partial charge in [-0.25, -0.2) is 4.39 Å². The van der Waals surface area contributed by atoms with Crippen molar-refractivity contribution in [3.63, 3.8) is 0 Å². The van der Waals surface area contributed by atoms with Gasteiger partial charge in [0.05, 0.1) is 19.2 Å². The van der Waals surface area contributed by atoms with Crippen molar-refractivity contribution >= 4 is 22.5 Å². The fourth-order valence-corrected chi connectivity index (χ4v) is 2.41. The lowest BCUT2D eigenvalue weighted by molar-refractivity contribution is -0.115. The molecule has 22 heavy (non-hydrogen) atoms. The summed E-state index contributed by atoms with van der Waals surface area (Å²) in [6.07, 6.45) is 1.88. The minimum absolute atomic E-state index is 0.154. The number of benzene rings is 2. The molecule has 0 unspecified atom stereocenters. The molecule has 3 rings (SSSR count). The molecule has 1 aromatic heterocycles. The number of methoxy groups -OCH3 is 1. The first-order valence-corrected chi connectivity index (χ1v) is 6.86. The molecule has 0 aliphatic rings. The van der Waals surface area contributed by atoms with Crippen LogP contribution in [0, 0.1) is 5.82 Å². The van der Waals surface area contributed by atoms with Gasteiger partial charge in [0.15, 0.2) is 0 Å². The van der Waals surface area contributed by atoms with Crippen LogP contribution >= 0.6 is 0 Å². The molecule has 2 aromatic carbocycles. The number of para-hydroxylation sites is 2. The minimum Gasteiger partial charge on any atom is -0.495 e. The zero-order chi connectivity index (χ0) is 15.5. The molecule has 0 saturated heterocycles. The molecule has 0 aliphatic carbocycles. The van der Waals surface area contributed by atoms with E-state index in [1.807, 2.05) is 12.1 Å². The predicted molar refractivity (Wildman–Crippen MR) is 83.6 cm³/mol. The average Bonchev–Trinajstić information content (AvgIpc) is 2.90. The van der Waals surface area contributed by atoms with Crippen molar-refractivity contribution in [3.05, 3.63) is 60.0 Å². The Kier molecular flexibility index (Phi) is 3.78. The molecule has 0 aliphatic heterocycles. The van der Waals surface area contributed by atoms with Gasteiger partial charge in [0.25, 0.3) is 0 Å². The maximum Gasteiger partial charge on any atom is 0.228 e. The van der Waals surface area contributed by atoms with Crippen LogP contribution in [0.4, 0.5) is 10.1 Å². The molecule has 0 radical (unpaired) electrons. The van der Waals surface area contributed by atoms with E-state index in [-0.39, 0.29) is 18.1 Å². The highest BCUT2D eigenvalue weighted by atomic mass is 19.1. The van der Waals surface area contributed by atoms with Crippen LogP contribution in [0.3, 0.4) is 0 Å². The van der Waals surface area contributed by atoms with Crippen molar-refractivity contribution in [2.24, 2.45) is 0 Å². The lowest BCUT2D eigenvalue weighted by Crippen LogP contribution is -2.14. The Balaban J connectivity index is 1.80. The van der Waals surface area contributed by atoms with Gasteiger partial charge in [-0.3, -0.25) is 4.79 Å². The van der Waals surface area contributed by atoms with E-state index >= 15 is 0 Å². The number of rotatable bonds is 4. The number of hydrogen-bond acceptors (Lipinski definition) is 2. The number of ether oxygens (including phenoxy) is 1. The highest BCUT2D eigenvalue weighted by molar-refractivity contribution is 5.96. The molecule has 5 heteroatoms. The number of hydrogen-bond donors (Lipinski definition) is 2. The van der Waals surface area contributed by atoms with Crippen molar-refractivity contribution < 1.29 is 13.9 Å². The van der Waals surface area contributed by atoms with Crippen LogP contribution in [0.15, 0.2) is 48.7 Å². The van der Waals surface area contributed by atoms with Crippen molar-refractivity contribution in [2.45, 2.75) is 6.42 Å². The van der Waals surface area contributed by atoms with Crippen LogP contribution in [-0.2, 0) is 11.2 Å². The van der Waals surface area contributed by atoms with Gasteiger partial charge < -0.3 is 15.0 Å². The molecule has 3 aromatic rings. The topological polar surface area (TPSA) is 54.1 Å². The Morgan fingerprint density at radius 2 is 2.09 bits per heavy atom. The first-order chi connectivity index (χ1) is 10.7. The normalized spacial score (nSPS) is 10.6. The number of anilines is 1. The molecule has 2 N–H and O–H groups in total. The Hall–Kier alpha value is -2.82. The standard InChI is InChI=1S/C17H15FN2O2/c1-22-16-5-3-2-4-15(16)20-17(21)8-11-10-19-14-7-6-12(18)9-13(11)14/h2-7,9-10,19H,8H2,1H3,(H,20,21). The molecule has 0 bridgehead atoms. The summed E-state index contributed by atoms with van der Waals surface area (Å²) in [6, 6.07) is 11.7. The van der Waals surface area contributed by atoms with E-state index in [1.54, 1.807) is 31.5 Å². The number of aromatic nitrogens is 1. The molecule has 0 atom stereocenters. The summed E-state index contributed by atoms with van der Waals surface area (Å²) in [6.45, 7) is 0. The van der Waals surface area contributed by atoms with Crippen molar-refractivity contribution in [1.29, 1.82) is 0 Å². The Bertz CT molecular complexity index is 826. The van der Waals surface area contributed by atoms with Crippen LogP contribution in [0.25, 0.3) is 10.9 Å². The van der Waals surface area contributed by atoms with Crippen LogP contribution < -0.4 is 10.1 Å². The Labute approximate surface area is 126 Å². The van der Waals surface area contributed by atoms with Gasteiger partial charge in [-0.2, -0.15) is 0 Å². The predicted octanol–water partition coefficient (Wildman–Crippen LogP) is 3.50. The second-order valence-electron chi connectivity index (χ2n) is 4.93. The SMILES string of the molecule is COc1ccccc1NC(=O)Cc1c[nH]c2ccc(F)cc12. The average molecular weight is 298 g/mol. The molecule has 1 amide bonds. The largest absolute Gasteiger partial charge is 0.495 e. The van der Waals surface area contributed by atoms with Crippen LogP contribution in [0.5, 0.6) is 5.75 Å². The highest BCUT2D eigenvalue weighted by Gasteiger charge is 2.11. The van der Waals surface area contributed by atoms with E-state index in [0.29, 0.717) is 11.4 Å². The number of nitrogens with one attached hydrogen (secondary N) is 2. The lowest BCUT2D eigenvalue weighted by atomic mass is 10.1. The summed E-state index contributed by atoms with van der Waals surface area (Å²) < 4.78 is 18.5. The number of carbonyl (C=O) groups is 1. The summed E-state index contributed by atoms with van der Waals surface area (Å²) >= 11 is 0. The fraction of sp³-hybridized carbons (Fsp3) is 0.118. The van der Waals surface area contributed by atoms with E-state index in [9.17, 15) is 9.18 Å². The highest BCUT2D eigenvalue weighted by Crippen LogP contribution is 2.24. The van der Waals surface area contributed by atoms with Gasteiger partial charge in [-0.05, 0) is 35.9 Å². The zero-order valence-electron chi connectivity index (χ0n) is 12.0. The molecule has 1 heterocycles. The van der Waals surface area contributed by atoms with Gasteiger partial charge in [-0.15, -0.1) is 0 Å². The maximum atomic E-state index is 13.3. The molecule has 112 valence electrons. The van der Waals surface area contributed by atoms with Crippen molar-refractivity contribution in [1.82, 2.24) is 4.98 Å². The lowest BCUT2D eigenvalue weighted by Gasteiger charge is -2.09. The first-order valence-electron chi connectivity index (χ1n) is 6.86. The van der Waals surface area contributed by atoms with Crippen LogP contribution in [-0.4, -0.2) is 18.0 Å². The molecule has 0 fully saturated rings. The smallest absolute Gasteiger partial charge is 0.228 e. The van der Waals surface area contributed by atoms with E-state index in [2.05, 4.69) is 10.3 Å². The van der Waals surface area contributed by atoms with Crippen molar-refractivity contribution in [2.75, 3.05) is 12.4 Å². The van der Waals surface area contributed by atoms with Gasteiger partial charge in [0.1, 0.15) is 11.6 Å². The van der Waals surface area contributed by atoms with Gasteiger partial charge in [0, 0.05) is 17.1 Å². The van der Waals surface area contributed by atoms with Gasteiger partial charge >= 0.3 is 0 Å². The fourth-order valence-electron chi connectivity index (χ4n) is 2.41. The summed E-state index contributed by atoms with van der Waals surface area (Å²) in [7, 11) is 1.55. The van der Waals surface area contributed by atoms with Gasteiger partial charge in [0.2, 0.25) is 5.91 Å². The third-order valence-corrected chi connectivity index (χ3v) is 3.46. The first kappa shape index (κ1) is 14.1. The third-order valence-electron chi connectivity index (χ3n) is 3.46. The molecule has 4 nitrogen and oxygen atoms in total. The molecule has 0 spiro atoms. The summed E-state index contributed by atoms with van der Waals surface area (Å²) in [5.41, 5.74) is 2.17. The molecular weight excluding hydrogens is 283 g/mol. The molecular formula is C17H15FN2O2. The van der Waals surface area contributed by atoms with Gasteiger partial charge in [-0.1, -0.05) is 12.1 Å². The van der Waals surface area contributed by atoms with Crippen LogP contribution in [0.2, 0.25) is 0 Å². The monoisotopic (exact) mass is 298 g/mol. The minimum atomic E-state index is -0.321. The van der Waals surface area contributed by atoms with Crippen LogP contribution in [0.1, 0.15) is 5.56 Å². The van der Waals surface area contributed by atoms with E-state index in [4.69, 9.17) is 4.74 Å². The Morgan fingerprint density at radius 3 is 2.91 bits per heavy atom. The molecule has 0 saturated carbocycles. The second-order valence-corrected chi connectivity index (χ2v) is 4.93. The van der Waals surface area contributed by atoms with E-state index < -0.39 is 0 Å². The zero-order valence-corrected chi connectivity index (χ0v) is 12.0. The maximum absolute atomic E-state index is 13.3. The number of carbonyl (C=O) groups excluding carboxylic acids is 1. The number of fused-ring (bicyclic) bond motifs is 1. The Morgan fingerprint density at radius 1 is 1.27 bits per heavy atom. The summed E-state index contributed by atoms with van der Waals surface area (Å²) in [4.78, 5) is 15.2. The third kappa shape index (κ3) is 2.79. The quantitative estimate of drug-likeness (QED) is 0.774. The van der Waals surface area contributed by atoms with Crippen molar-refractivity contribution in [3.8, 4) is 5.75 Å². The number of aromatic amines is 1.